The van der Waals surface area contributed by atoms with E-state index < -0.39 is 0 Å². The summed E-state index contributed by atoms with van der Waals surface area (Å²) in [5.41, 5.74) is 6.27. The fourth-order valence-electron chi connectivity index (χ4n) is 2.98. The summed E-state index contributed by atoms with van der Waals surface area (Å²) in [5.74, 6) is 0.387. The van der Waals surface area contributed by atoms with Crippen molar-refractivity contribution in [3.05, 3.63) is 29.8 Å². The van der Waals surface area contributed by atoms with Gasteiger partial charge in [-0.25, -0.2) is 0 Å². The number of hydrogen-bond donors (Lipinski definition) is 2. The molecule has 1 aromatic rings. The molecule has 21 heavy (non-hydrogen) atoms. The highest BCUT2D eigenvalue weighted by molar-refractivity contribution is 7.80. The third-order valence-electron chi connectivity index (χ3n) is 3.96. The standard InChI is InChI=1S/C15H18N2O3S/c16-15(21)10-3-1-2-4-12(10)19-8-14(18)17-11-7-9-5-6-13(11)20-9/h1-4,9,11,13H,5-8H2,(H2,16,21)(H,17,18). The lowest BCUT2D eigenvalue weighted by Gasteiger charge is -2.20. The second-order valence-electron chi connectivity index (χ2n) is 5.43. The molecule has 1 aromatic carbocycles. The number of nitrogens with one attached hydrogen (secondary N) is 1. The van der Waals surface area contributed by atoms with Crippen LogP contribution in [0.25, 0.3) is 0 Å². The number of fused-ring (bicyclic) bond motifs is 2. The molecular formula is C15H18N2O3S. The van der Waals surface area contributed by atoms with Gasteiger partial charge in [0.1, 0.15) is 10.7 Å². The Morgan fingerprint density at radius 3 is 2.90 bits per heavy atom. The highest BCUT2D eigenvalue weighted by Crippen LogP contribution is 2.34. The number of ether oxygens (including phenoxy) is 2. The Balaban J connectivity index is 1.53. The number of hydrogen-bond acceptors (Lipinski definition) is 4. The van der Waals surface area contributed by atoms with Crippen molar-refractivity contribution in [3.63, 3.8) is 0 Å². The molecule has 6 heteroatoms. The summed E-state index contributed by atoms with van der Waals surface area (Å²) in [6, 6.07) is 7.29. The SMILES string of the molecule is NC(=S)c1ccccc1OCC(=O)NC1CC2CCC1O2. The molecule has 2 bridgehead atoms. The molecule has 0 aliphatic carbocycles. The van der Waals surface area contributed by atoms with E-state index in [1.165, 1.54) is 0 Å². The van der Waals surface area contributed by atoms with Crippen LogP contribution in [0.3, 0.4) is 0 Å². The monoisotopic (exact) mass is 306 g/mol. The van der Waals surface area contributed by atoms with Gasteiger partial charge in [0, 0.05) is 0 Å². The first kappa shape index (κ1) is 14.3. The molecular weight excluding hydrogens is 288 g/mol. The molecule has 0 radical (unpaired) electrons. The van der Waals surface area contributed by atoms with Gasteiger partial charge in [-0.05, 0) is 31.4 Å². The Morgan fingerprint density at radius 1 is 1.43 bits per heavy atom. The van der Waals surface area contributed by atoms with Crippen molar-refractivity contribution in [1.29, 1.82) is 0 Å². The van der Waals surface area contributed by atoms with Crippen molar-refractivity contribution in [2.24, 2.45) is 5.73 Å². The molecule has 0 saturated carbocycles. The molecule has 3 rings (SSSR count). The summed E-state index contributed by atoms with van der Waals surface area (Å²) >= 11 is 4.96. The number of rotatable bonds is 5. The smallest absolute Gasteiger partial charge is 0.258 e. The Morgan fingerprint density at radius 2 is 2.24 bits per heavy atom. The molecule has 3 atom stereocenters. The first-order chi connectivity index (χ1) is 10.1. The first-order valence-electron chi connectivity index (χ1n) is 7.10. The fourth-order valence-corrected chi connectivity index (χ4v) is 3.15. The van der Waals surface area contributed by atoms with E-state index in [0.29, 0.717) is 17.4 Å². The van der Waals surface area contributed by atoms with Crippen LogP contribution in [0.4, 0.5) is 0 Å². The van der Waals surface area contributed by atoms with Crippen LogP contribution in [0, 0.1) is 0 Å². The molecule has 5 nitrogen and oxygen atoms in total. The lowest BCUT2D eigenvalue weighted by Crippen LogP contribution is -2.43. The lowest BCUT2D eigenvalue weighted by molar-refractivity contribution is -0.124. The van der Waals surface area contributed by atoms with Gasteiger partial charge in [-0.15, -0.1) is 0 Å². The Bertz CT molecular complexity index is 564. The highest BCUT2D eigenvalue weighted by atomic mass is 32.1. The van der Waals surface area contributed by atoms with Crippen LogP contribution in [-0.2, 0) is 9.53 Å². The van der Waals surface area contributed by atoms with Gasteiger partial charge in [0.25, 0.3) is 5.91 Å². The van der Waals surface area contributed by atoms with Crippen LogP contribution in [0.15, 0.2) is 24.3 Å². The maximum absolute atomic E-state index is 12.0. The van der Waals surface area contributed by atoms with Gasteiger partial charge < -0.3 is 20.5 Å². The zero-order valence-corrected chi connectivity index (χ0v) is 12.4. The predicted octanol–water partition coefficient (Wildman–Crippen LogP) is 1.14. The van der Waals surface area contributed by atoms with Crippen molar-refractivity contribution in [2.75, 3.05) is 6.61 Å². The van der Waals surface area contributed by atoms with Gasteiger partial charge in [-0.1, -0.05) is 24.4 Å². The number of benzene rings is 1. The molecule has 1 amide bonds. The molecule has 2 fully saturated rings. The lowest BCUT2D eigenvalue weighted by atomic mass is 9.95. The summed E-state index contributed by atoms with van der Waals surface area (Å²) in [5, 5.41) is 2.98. The summed E-state index contributed by atoms with van der Waals surface area (Å²) in [6.07, 6.45) is 3.52. The largest absolute Gasteiger partial charge is 0.483 e. The average molecular weight is 306 g/mol. The average Bonchev–Trinajstić information content (AvgIpc) is 3.08. The summed E-state index contributed by atoms with van der Waals surface area (Å²) in [7, 11) is 0. The van der Waals surface area contributed by atoms with E-state index in [4.69, 9.17) is 27.4 Å². The second kappa shape index (κ2) is 5.99. The number of amides is 1. The van der Waals surface area contributed by atoms with Crippen molar-refractivity contribution >= 4 is 23.1 Å². The van der Waals surface area contributed by atoms with Gasteiger partial charge in [0.2, 0.25) is 0 Å². The minimum Gasteiger partial charge on any atom is -0.483 e. The number of nitrogens with two attached hydrogens (primary N) is 1. The zero-order chi connectivity index (χ0) is 14.8. The van der Waals surface area contributed by atoms with Gasteiger partial charge in [0.15, 0.2) is 6.61 Å². The van der Waals surface area contributed by atoms with E-state index in [0.717, 1.165) is 19.3 Å². The van der Waals surface area contributed by atoms with Gasteiger partial charge in [-0.3, -0.25) is 4.79 Å². The number of carbonyl (C=O) groups excluding carboxylic acids is 1. The second-order valence-corrected chi connectivity index (χ2v) is 5.87. The summed E-state index contributed by atoms with van der Waals surface area (Å²) < 4.78 is 11.2. The van der Waals surface area contributed by atoms with E-state index in [1.807, 2.05) is 12.1 Å². The Kier molecular flexibility index (Phi) is 4.07. The minimum absolute atomic E-state index is 0.0481. The Labute approximate surface area is 128 Å². The number of thiocarbonyl (C=S) groups is 1. The van der Waals surface area contributed by atoms with Crippen molar-refractivity contribution in [3.8, 4) is 5.75 Å². The quantitative estimate of drug-likeness (QED) is 0.798. The van der Waals surface area contributed by atoms with Crippen LogP contribution in [0.5, 0.6) is 5.75 Å². The molecule has 3 unspecified atom stereocenters. The van der Waals surface area contributed by atoms with Crippen LogP contribution in [0.1, 0.15) is 24.8 Å². The van der Waals surface area contributed by atoms with Crippen LogP contribution < -0.4 is 15.8 Å². The topological polar surface area (TPSA) is 73.6 Å². The third kappa shape index (κ3) is 3.16. The van der Waals surface area contributed by atoms with Crippen LogP contribution >= 0.6 is 12.2 Å². The number of carbonyl (C=O) groups is 1. The first-order valence-corrected chi connectivity index (χ1v) is 7.51. The highest BCUT2D eigenvalue weighted by Gasteiger charge is 2.41. The molecule has 3 N–H and O–H groups in total. The van der Waals surface area contributed by atoms with Crippen molar-refractivity contribution < 1.29 is 14.3 Å². The summed E-state index contributed by atoms with van der Waals surface area (Å²) in [4.78, 5) is 12.2. The molecule has 2 saturated heterocycles. The molecule has 0 aromatic heterocycles. The molecule has 2 aliphatic rings. The molecule has 2 aliphatic heterocycles. The number of para-hydroxylation sites is 1. The molecule has 0 spiro atoms. The zero-order valence-electron chi connectivity index (χ0n) is 11.6. The summed E-state index contributed by atoms with van der Waals surface area (Å²) in [6.45, 7) is -0.0481. The van der Waals surface area contributed by atoms with Crippen LogP contribution in [0.2, 0.25) is 0 Å². The van der Waals surface area contributed by atoms with Crippen molar-refractivity contribution in [1.82, 2.24) is 5.32 Å². The van der Waals surface area contributed by atoms with E-state index in [1.54, 1.807) is 12.1 Å². The van der Waals surface area contributed by atoms with E-state index >= 15 is 0 Å². The maximum Gasteiger partial charge on any atom is 0.258 e. The minimum atomic E-state index is -0.145. The van der Waals surface area contributed by atoms with E-state index in [9.17, 15) is 4.79 Å². The van der Waals surface area contributed by atoms with Gasteiger partial charge >= 0.3 is 0 Å². The normalized spacial score (nSPS) is 26.6. The maximum atomic E-state index is 12.0. The van der Waals surface area contributed by atoms with Crippen LogP contribution in [-0.4, -0.2) is 35.8 Å². The molecule has 2 heterocycles. The van der Waals surface area contributed by atoms with E-state index in [-0.39, 0.29) is 29.6 Å². The fraction of sp³-hybridized carbons (Fsp3) is 0.467. The van der Waals surface area contributed by atoms with E-state index in [2.05, 4.69) is 5.32 Å². The van der Waals surface area contributed by atoms with Crippen molar-refractivity contribution in [2.45, 2.75) is 37.5 Å². The van der Waals surface area contributed by atoms with Gasteiger partial charge in [-0.2, -0.15) is 0 Å². The Hall–Kier alpha value is -1.66. The third-order valence-corrected chi connectivity index (χ3v) is 4.18. The molecule has 112 valence electrons. The van der Waals surface area contributed by atoms with Gasteiger partial charge in [0.05, 0.1) is 23.8 Å². The predicted molar refractivity (Wildman–Crippen MR) is 82.3 cm³/mol.